The van der Waals surface area contributed by atoms with E-state index in [-0.39, 0.29) is 5.91 Å². The van der Waals surface area contributed by atoms with Gasteiger partial charge < -0.3 is 19.2 Å². The lowest BCUT2D eigenvalue weighted by Crippen LogP contribution is -2.26. The number of carbonyl (C=O) groups is 1. The minimum atomic E-state index is -0.140. The summed E-state index contributed by atoms with van der Waals surface area (Å²) in [4.78, 5) is 17.6. The average molecular weight is 400 g/mol. The molecule has 5 rings (SSSR count). The molecule has 4 aromatic rings. The monoisotopic (exact) mass is 400 g/mol. The van der Waals surface area contributed by atoms with Crippen LogP contribution in [0.3, 0.4) is 0 Å². The Morgan fingerprint density at radius 2 is 1.83 bits per heavy atom. The Balaban J connectivity index is 1.34. The zero-order valence-corrected chi connectivity index (χ0v) is 16.3. The molecular formula is C24H20N2O4. The molecule has 3 heterocycles. The van der Waals surface area contributed by atoms with Gasteiger partial charge in [0.15, 0.2) is 17.3 Å². The molecule has 1 amide bonds. The van der Waals surface area contributed by atoms with Gasteiger partial charge in [0.25, 0.3) is 5.91 Å². The van der Waals surface area contributed by atoms with Crippen LogP contribution in [0.2, 0.25) is 0 Å². The van der Waals surface area contributed by atoms with Crippen molar-refractivity contribution in [2.24, 2.45) is 0 Å². The van der Waals surface area contributed by atoms with Crippen molar-refractivity contribution in [1.82, 2.24) is 10.3 Å². The first kappa shape index (κ1) is 18.2. The van der Waals surface area contributed by atoms with Crippen molar-refractivity contribution >= 4 is 16.8 Å². The minimum absolute atomic E-state index is 0.140. The number of rotatable bonds is 5. The fourth-order valence-corrected chi connectivity index (χ4v) is 3.57. The molecule has 0 aliphatic carbocycles. The standard InChI is InChI=1S/C24H20N2O4/c27-24(25-10-9-16-7-8-22-23(14-16)30-13-12-29-22)18-15-20(21-6-3-11-28-21)26-19-5-2-1-4-17(18)19/h1-8,11,14-15H,9-10,12-13H2,(H,25,27). The van der Waals surface area contributed by atoms with Gasteiger partial charge in [0.1, 0.15) is 18.9 Å². The molecule has 6 heteroatoms. The molecule has 30 heavy (non-hydrogen) atoms. The molecule has 1 aliphatic rings. The normalized spacial score (nSPS) is 12.7. The predicted molar refractivity (Wildman–Crippen MR) is 113 cm³/mol. The Morgan fingerprint density at radius 3 is 2.70 bits per heavy atom. The molecule has 1 aliphatic heterocycles. The van der Waals surface area contributed by atoms with E-state index in [1.807, 2.05) is 48.5 Å². The van der Waals surface area contributed by atoms with Gasteiger partial charge in [-0.2, -0.15) is 0 Å². The smallest absolute Gasteiger partial charge is 0.252 e. The Morgan fingerprint density at radius 1 is 0.967 bits per heavy atom. The van der Waals surface area contributed by atoms with E-state index in [9.17, 15) is 4.79 Å². The molecule has 0 saturated heterocycles. The fraction of sp³-hybridized carbons (Fsp3) is 0.167. The average Bonchev–Trinajstić information content (AvgIpc) is 3.33. The number of aromatic nitrogens is 1. The van der Waals surface area contributed by atoms with E-state index < -0.39 is 0 Å². The van der Waals surface area contributed by atoms with Crippen molar-refractivity contribution in [3.63, 3.8) is 0 Å². The summed E-state index contributed by atoms with van der Waals surface area (Å²) in [5, 5.41) is 3.83. The molecular weight excluding hydrogens is 380 g/mol. The second-order valence-corrected chi connectivity index (χ2v) is 7.03. The highest BCUT2D eigenvalue weighted by Gasteiger charge is 2.15. The number of benzene rings is 2. The lowest BCUT2D eigenvalue weighted by molar-refractivity contribution is 0.0955. The molecule has 0 radical (unpaired) electrons. The van der Waals surface area contributed by atoms with Gasteiger partial charge in [-0.05, 0) is 48.4 Å². The highest BCUT2D eigenvalue weighted by atomic mass is 16.6. The summed E-state index contributed by atoms with van der Waals surface area (Å²) in [5.74, 6) is 2.01. The summed E-state index contributed by atoms with van der Waals surface area (Å²) in [6.07, 6.45) is 2.29. The number of furan rings is 1. The van der Waals surface area contributed by atoms with E-state index in [0.717, 1.165) is 28.0 Å². The van der Waals surface area contributed by atoms with E-state index in [4.69, 9.17) is 13.9 Å². The van der Waals surface area contributed by atoms with Crippen LogP contribution in [0.1, 0.15) is 15.9 Å². The van der Waals surface area contributed by atoms with Crippen molar-refractivity contribution in [1.29, 1.82) is 0 Å². The number of para-hydroxylation sites is 1. The first-order chi connectivity index (χ1) is 14.8. The van der Waals surface area contributed by atoms with Gasteiger partial charge in [0, 0.05) is 11.9 Å². The van der Waals surface area contributed by atoms with Gasteiger partial charge in [-0.25, -0.2) is 4.98 Å². The van der Waals surface area contributed by atoms with Crippen molar-refractivity contribution < 1.29 is 18.7 Å². The van der Waals surface area contributed by atoms with Crippen molar-refractivity contribution in [2.75, 3.05) is 19.8 Å². The molecule has 2 aromatic heterocycles. The molecule has 0 saturated carbocycles. The van der Waals surface area contributed by atoms with Crippen LogP contribution >= 0.6 is 0 Å². The minimum Gasteiger partial charge on any atom is -0.486 e. The predicted octanol–water partition coefficient (Wildman–Crippen LogP) is 4.24. The van der Waals surface area contributed by atoms with Gasteiger partial charge in [-0.1, -0.05) is 24.3 Å². The maximum Gasteiger partial charge on any atom is 0.252 e. The van der Waals surface area contributed by atoms with Crippen molar-refractivity contribution in [3.05, 3.63) is 78.1 Å². The van der Waals surface area contributed by atoms with Gasteiger partial charge in [0.05, 0.1) is 17.3 Å². The second kappa shape index (κ2) is 7.91. The molecule has 0 atom stereocenters. The number of nitrogens with zero attached hydrogens (tertiary/aromatic N) is 1. The molecule has 150 valence electrons. The highest BCUT2D eigenvalue weighted by molar-refractivity contribution is 6.07. The van der Waals surface area contributed by atoms with Crippen LogP contribution in [0, 0.1) is 0 Å². The summed E-state index contributed by atoms with van der Waals surface area (Å²) in [6, 6.07) is 18.9. The Bertz CT molecular complexity index is 1200. The third-order valence-corrected chi connectivity index (χ3v) is 5.04. The molecule has 0 spiro atoms. The van der Waals surface area contributed by atoms with Gasteiger partial charge in [0.2, 0.25) is 0 Å². The molecule has 0 unspecified atom stereocenters. The van der Waals surface area contributed by atoms with Crippen LogP contribution in [0.4, 0.5) is 0 Å². The summed E-state index contributed by atoms with van der Waals surface area (Å²) in [7, 11) is 0. The quantitative estimate of drug-likeness (QED) is 0.542. The summed E-state index contributed by atoms with van der Waals surface area (Å²) in [5.41, 5.74) is 3.05. The molecule has 6 nitrogen and oxygen atoms in total. The van der Waals surface area contributed by atoms with Gasteiger partial charge in [-0.15, -0.1) is 0 Å². The van der Waals surface area contributed by atoms with E-state index in [1.165, 1.54) is 0 Å². The van der Waals surface area contributed by atoms with E-state index >= 15 is 0 Å². The third-order valence-electron chi connectivity index (χ3n) is 5.04. The lowest BCUT2D eigenvalue weighted by atomic mass is 10.1. The number of hydrogen-bond acceptors (Lipinski definition) is 5. The first-order valence-corrected chi connectivity index (χ1v) is 9.88. The van der Waals surface area contributed by atoms with Crippen molar-refractivity contribution in [2.45, 2.75) is 6.42 Å². The van der Waals surface area contributed by atoms with Crippen molar-refractivity contribution in [3.8, 4) is 23.0 Å². The van der Waals surface area contributed by atoms with Crippen LogP contribution in [0.5, 0.6) is 11.5 Å². The number of nitrogens with one attached hydrogen (secondary N) is 1. The fourth-order valence-electron chi connectivity index (χ4n) is 3.57. The number of pyridine rings is 1. The topological polar surface area (TPSA) is 73.6 Å². The first-order valence-electron chi connectivity index (χ1n) is 9.88. The Labute approximate surface area is 173 Å². The van der Waals surface area contributed by atoms with E-state index in [1.54, 1.807) is 18.4 Å². The maximum atomic E-state index is 13.0. The Kier molecular flexibility index (Phi) is 4.81. The molecule has 0 fully saturated rings. The van der Waals surface area contributed by atoms with Gasteiger partial charge >= 0.3 is 0 Å². The lowest BCUT2D eigenvalue weighted by Gasteiger charge is -2.19. The van der Waals surface area contributed by atoms with Crippen LogP contribution in [0.15, 0.2) is 71.3 Å². The summed E-state index contributed by atoms with van der Waals surface area (Å²) < 4.78 is 16.7. The van der Waals surface area contributed by atoms with Gasteiger partial charge in [-0.3, -0.25) is 4.79 Å². The maximum absolute atomic E-state index is 13.0. The molecule has 0 bridgehead atoms. The van der Waals surface area contributed by atoms with Crippen LogP contribution in [0.25, 0.3) is 22.4 Å². The summed E-state index contributed by atoms with van der Waals surface area (Å²) >= 11 is 0. The highest BCUT2D eigenvalue weighted by Crippen LogP contribution is 2.31. The number of carbonyl (C=O) groups excluding carboxylic acids is 1. The van der Waals surface area contributed by atoms with E-state index in [2.05, 4.69) is 10.3 Å². The molecule has 2 aromatic carbocycles. The second-order valence-electron chi connectivity index (χ2n) is 7.03. The number of amides is 1. The zero-order valence-electron chi connectivity index (χ0n) is 16.3. The summed E-state index contributed by atoms with van der Waals surface area (Å²) in [6.45, 7) is 1.63. The number of hydrogen-bond donors (Lipinski definition) is 1. The number of ether oxygens (including phenoxy) is 2. The van der Waals surface area contributed by atoms with Crippen LogP contribution in [-0.2, 0) is 6.42 Å². The van der Waals surface area contributed by atoms with Crippen LogP contribution < -0.4 is 14.8 Å². The molecule has 1 N–H and O–H groups in total. The zero-order chi connectivity index (χ0) is 20.3. The number of fused-ring (bicyclic) bond motifs is 2. The van der Waals surface area contributed by atoms with Crippen LogP contribution in [-0.4, -0.2) is 30.6 Å². The SMILES string of the molecule is O=C(NCCc1ccc2c(c1)OCCO2)c1cc(-c2ccco2)nc2ccccc12. The Hall–Kier alpha value is -3.80. The largest absolute Gasteiger partial charge is 0.486 e. The van der Waals surface area contributed by atoms with E-state index in [0.29, 0.717) is 43.2 Å². The third kappa shape index (κ3) is 3.59.